The Kier molecular flexibility index (Phi) is 6.54. The summed E-state index contributed by atoms with van der Waals surface area (Å²) in [7, 11) is 0. The van der Waals surface area contributed by atoms with Gasteiger partial charge in [-0.05, 0) is 83.7 Å². The monoisotopic (exact) mass is 474 g/mol. The molecular weight excluding hydrogens is 440 g/mol. The molecule has 1 atom stereocenters. The lowest BCUT2D eigenvalue weighted by atomic mass is 9.89. The van der Waals surface area contributed by atoms with Gasteiger partial charge in [-0.15, -0.1) is 0 Å². The molecule has 2 aliphatic rings. The molecule has 2 heterocycles. The predicted octanol–water partition coefficient (Wildman–Crippen LogP) is 7.01. The zero-order chi connectivity index (χ0) is 25.5. The van der Waals surface area contributed by atoms with Gasteiger partial charge < -0.3 is 19.7 Å². The maximum Gasteiger partial charge on any atom is 0.174 e. The Labute approximate surface area is 207 Å². The van der Waals surface area contributed by atoms with Crippen LogP contribution in [-0.2, 0) is 12.8 Å². The van der Waals surface area contributed by atoms with Gasteiger partial charge in [-0.25, -0.2) is 0 Å². The number of fused-ring (bicyclic) bond motifs is 2. The highest BCUT2D eigenvalue weighted by atomic mass is 16.5. The number of aromatic hydroxyl groups is 2. The number of ether oxygens (including phenoxy) is 2. The van der Waals surface area contributed by atoms with Crippen LogP contribution in [0.5, 0.6) is 23.0 Å². The van der Waals surface area contributed by atoms with E-state index in [1.165, 1.54) is 11.6 Å². The molecule has 0 fully saturated rings. The second-order valence-electron chi connectivity index (χ2n) is 10.4. The summed E-state index contributed by atoms with van der Waals surface area (Å²) < 4.78 is 12.7. The van der Waals surface area contributed by atoms with Gasteiger partial charge in [-0.1, -0.05) is 29.4 Å². The van der Waals surface area contributed by atoms with Crippen LogP contribution >= 0.6 is 0 Å². The Bertz CT molecular complexity index is 1270. The second-order valence-corrected chi connectivity index (χ2v) is 10.4. The Morgan fingerprint density at radius 2 is 1.69 bits per heavy atom. The predicted molar refractivity (Wildman–Crippen MR) is 139 cm³/mol. The summed E-state index contributed by atoms with van der Waals surface area (Å²) in [5, 5.41) is 21.0. The van der Waals surface area contributed by atoms with Crippen LogP contribution in [0, 0.1) is 0 Å². The van der Waals surface area contributed by atoms with Crippen LogP contribution in [0.4, 0.5) is 0 Å². The standard InChI is InChI=1S/C30H34O5/c1-17(2)7-9-19-13-21(14-20-11-12-30(5,6)35-28(19)20)26-16-25(33)27-24(32)15-23(31)22(29(27)34-26)10-8-18(3)4/h7-8,11-15,26,31-32H,9-10,16H2,1-6H3. The van der Waals surface area contributed by atoms with Crippen LogP contribution in [0.3, 0.4) is 0 Å². The van der Waals surface area contributed by atoms with Crippen molar-refractivity contribution >= 4 is 11.9 Å². The maximum absolute atomic E-state index is 13.2. The third-order valence-electron chi connectivity index (χ3n) is 6.31. The highest BCUT2D eigenvalue weighted by molar-refractivity contribution is 6.03. The van der Waals surface area contributed by atoms with Gasteiger partial charge in [-0.2, -0.15) is 0 Å². The molecule has 2 aromatic rings. The van der Waals surface area contributed by atoms with E-state index in [4.69, 9.17) is 9.47 Å². The summed E-state index contributed by atoms with van der Waals surface area (Å²) in [5.41, 5.74) is 5.38. The highest BCUT2D eigenvalue weighted by Gasteiger charge is 2.34. The first-order valence-electron chi connectivity index (χ1n) is 12.0. The van der Waals surface area contributed by atoms with Crippen LogP contribution in [0.25, 0.3) is 6.08 Å². The van der Waals surface area contributed by atoms with E-state index < -0.39 is 11.7 Å². The van der Waals surface area contributed by atoms with Crippen molar-refractivity contribution in [3.8, 4) is 23.0 Å². The largest absolute Gasteiger partial charge is 0.507 e. The third kappa shape index (κ3) is 5.14. The molecule has 4 rings (SSSR count). The molecule has 2 N–H and O–H groups in total. The van der Waals surface area contributed by atoms with E-state index in [0.29, 0.717) is 18.4 Å². The molecule has 1 unspecified atom stereocenters. The average molecular weight is 475 g/mol. The molecule has 35 heavy (non-hydrogen) atoms. The molecule has 0 amide bonds. The fraction of sp³-hybridized carbons (Fsp3) is 0.367. The van der Waals surface area contributed by atoms with Crippen LogP contribution in [0.15, 0.2) is 47.6 Å². The molecule has 0 aromatic heterocycles. The SMILES string of the molecule is CC(C)=CCc1cc(C2CC(=O)c3c(O)cc(O)c(CC=C(C)C)c3O2)cc2c1OC(C)(C)C=C2. The number of Topliss-reactive ketones (excluding diaryl/α,β-unsaturated/α-hetero) is 1. The van der Waals surface area contributed by atoms with E-state index in [-0.39, 0.29) is 35.0 Å². The van der Waals surface area contributed by atoms with Gasteiger partial charge in [0.2, 0.25) is 0 Å². The van der Waals surface area contributed by atoms with E-state index in [1.807, 2.05) is 45.9 Å². The first kappa shape index (κ1) is 24.6. The fourth-order valence-electron chi connectivity index (χ4n) is 4.44. The summed E-state index contributed by atoms with van der Waals surface area (Å²) in [6, 6.07) is 5.29. The molecule has 0 aliphatic carbocycles. The Morgan fingerprint density at radius 1 is 1.00 bits per heavy atom. The maximum atomic E-state index is 13.2. The van der Waals surface area contributed by atoms with Crippen molar-refractivity contribution in [3.63, 3.8) is 0 Å². The number of phenolic OH excluding ortho intramolecular Hbond substituents is 2. The summed E-state index contributed by atoms with van der Waals surface area (Å²) in [6.45, 7) is 12.1. The van der Waals surface area contributed by atoms with Crippen LogP contribution in [-0.4, -0.2) is 21.6 Å². The van der Waals surface area contributed by atoms with Crippen molar-refractivity contribution in [1.82, 2.24) is 0 Å². The first-order chi connectivity index (χ1) is 16.4. The van der Waals surface area contributed by atoms with Gasteiger partial charge in [0.25, 0.3) is 0 Å². The van der Waals surface area contributed by atoms with Gasteiger partial charge in [0, 0.05) is 17.2 Å². The highest BCUT2D eigenvalue weighted by Crippen LogP contribution is 2.46. The van der Waals surface area contributed by atoms with E-state index in [1.54, 1.807) is 0 Å². The second kappa shape index (κ2) is 9.29. The van der Waals surface area contributed by atoms with Crippen LogP contribution < -0.4 is 9.47 Å². The molecule has 5 nitrogen and oxygen atoms in total. The van der Waals surface area contributed by atoms with Crippen molar-refractivity contribution < 1.29 is 24.5 Å². The number of carbonyl (C=O) groups is 1. The van der Waals surface area contributed by atoms with Crippen LogP contribution in [0.1, 0.15) is 86.7 Å². The van der Waals surface area contributed by atoms with Gasteiger partial charge in [0.1, 0.15) is 40.3 Å². The summed E-state index contributed by atoms with van der Waals surface area (Å²) in [4.78, 5) is 13.2. The Hall–Kier alpha value is -3.47. The smallest absolute Gasteiger partial charge is 0.174 e. The fourth-order valence-corrected chi connectivity index (χ4v) is 4.44. The lowest BCUT2D eigenvalue weighted by molar-refractivity contribution is 0.0842. The van der Waals surface area contributed by atoms with E-state index in [0.717, 1.165) is 28.0 Å². The van der Waals surface area contributed by atoms with E-state index >= 15 is 0 Å². The molecule has 0 spiro atoms. The van der Waals surface area contributed by atoms with Crippen molar-refractivity contribution in [1.29, 1.82) is 0 Å². The molecule has 2 aliphatic heterocycles. The lowest BCUT2D eigenvalue weighted by Gasteiger charge is -2.32. The summed E-state index contributed by atoms with van der Waals surface area (Å²) >= 11 is 0. The molecular formula is C30H34O5. The van der Waals surface area contributed by atoms with Crippen LogP contribution in [0.2, 0.25) is 0 Å². The van der Waals surface area contributed by atoms with Crippen molar-refractivity contribution in [2.45, 2.75) is 72.5 Å². The van der Waals surface area contributed by atoms with Crippen molar-refractivity contribution in [2.24, 2.45) is 0 Å². The van der Waals surface area contributed by atoms with E-state index in [9.17, 15) is 15.0 Å². The minimum atomic E-state index is -0.541. The quantitative estimate of drug-likeness (QED) is 0.456. The molecule has 0 radical (unpaired) electrons. The van der Waals surface area contributed by atoms with Gasteiger partial charge >= 0.3 is 0 Å². The lowest BCUT2D eigenvalue weighted by Crippen LogP contribution is -2.28. The van der Waals surface area contributed by atoms with Gasteiger partial charge in [0.15, 0.2) is 5.78 Å². The van der Waals surface area contributed by atoms with E-state index in [2.05, 4.69) is 32.1 Å². The number of carbonyl (C=O) groups excluding carboxylic acids is 1. The number of benzene rings is 2. The minimum absolute atomic E-state index is 0.0829. The number of ketones is 1. The average Bonchev–Trinajstić information content (AvgIpc) is 2.75. The summed E-state index contributed by atoms with van der Waals surface area (Å²) in [6.07, 6.45) is 8.87. The number of allylic oxidation sites excluding steroid dienone is 4. The molecule has 184 valence electrons. The van der Waals surface area contributed by atoms with Crippen molar-refractivity contribution in [3.05, 3.63) is 75.4 Å². The molecule has 0 bridgehead atoms. The van der Waals surface area contributed by atoms with Crippen molar-refractivity contribution in [2.75, 3.05) is 0 Å². The minimum Gasteiger partial charge on any atom is -0.507 e. The van der Waals surface area contributed by atoms with Gasteiger partial charge in [0.05, 0.1) is 6.42 Å². The Morgan fingerprint density at radius 3 is 2.37 bits per heavy atom. The zero-order valence-corrected chi connectivity index (χ0v) is 21.4. The number of hydrogen-bond donors (Lipinski definition) is 2. The number of rotatable bonds is 5. The van der Waals surface area contributed by atoms with Gasteiger partial charge in [-0.3, -0.25) is 4.79 Å². The summed E-state index contributed by atoms with van der Waals surface area (Å²) in [5.74, 6) is 0.567. The molecule has 2 aromatic carbocycles. The molecule has 0 saturated heterocycles. The Balaban J connectivity index is 1.80. The number of hydrogen-bond acceptors (Lipinski definition) is 5. The third-order valence-corrected chi connectivity index (χ3v) is 6.31. The normalized spacial score (nSPS) is 17.5. The zero-order valence-electron chi connectivity index (χ0n) is 21.4. The topological polar surface area (TPSA) is 76.0 Å². The first-order valence-corrected chi connectivity index (χ1v) is 12.0. The molecule has 0 saturated carbocycles. The number of phenols is 2. The molecule has 5 heteroatoms.